The summed E-state index contributed by atoms with van der Waals surface area (Å²) in [5.74, 6) is 0.814. The maximum absolute atomic E-state index is 9.38. The monoisotopic (exact) mass is 900 g/mol. The molecule has 0 fully saturated rings. The summed E-state index contributed by atoms with van der Waals surface area (Å²) in [6.07, 6.45) is 0.744. The predicted octanol–water partition coefficient (Wildman–Crippen LogP) is 11.7. The number of ether oxygens (including phenoxy) is 1. The molecule has 322 valence electrons. The third-order valence-electron chi connectivity index (χ3n) is 9.06. The van der Waals surface area contributed by atoms with E-state index < -0.39 is 12.2 Å². The highest BCUT2D eigenvalue weighted by molar-refractivity contribution is 9.10. The van der Waals surface area contributed by atoms with Gasteiger partial charge in [-0.15, -0.1) is 0 Å². The van der Waals surface area contributed by atoms with Crippen LogP contribution in [0.1, 0.15) is 111 Å². The summed E-state index contributed by atoms with van der Waals surface area (Å²) in [5, 5.41) is 55.4. The summed E-state index contributed by atoms with van der Waals surface area (Å²) in [5.41, 5.74) is 7.35. The minimum atomic E-state index is -0.405. The van der Waals surface area contributed by atoms with E-state index in [0.29, 0.717) is 5.02 Å². The smallest absolute Gasteiger partial charge is 0.118 e. The fourth-order valence-corrected chi connectivity index (χ4v) is 5.98. The molecule has 6 N–H and O–H groups in total. The van der Waals surface area contributed by atoms with Gasteiger partial charge >= 0.3 is 0 Å². The Morgan fingerprint density at radius 1 is 0.550 bits per heavy atom. The van der Waals surface area contributed by atoms with Crippen molar-refractivity contribution in [1.29, 1.82) is 0 Å². The van der Waals surface area contributed by atoms with Crippen molar-refractivity contribution in [3.63, 3.8) is 0 Å². The standard InChI is InChI=1S/C9H12O2.C9H10O.C9H12O.C8H9BrO.C8H9ClO.C8H10O/c1-7(10)8-3-5-9(11-2)6-4-8;10-9-6-5-7-3-1-2-4-8(7)9;1-8(10)7-9-5-3-2-4-6-9;2*1-6(10)7-2-4-8(9)5-3-7;1-7(9)8-5-3-2-4-6-8/h3-7,10H,1-2H3;1-4,9-10H,5-6H2;2-6,8,10H,7H2,1H3;2*2-6,10H,1H3;2-7,9H,1H3. The van der Waals surface area contributed by atoms with Crippen LogP contribution in [0.5, 0.6) is 5.75 Å². The Hall–Kier alpha value is -4.35. The molecule has 6 aromatic carbocycles. The van der Waals surface area contributed by atoms with Crippen molar-refractivity contribution in [1.82, 2.24) is 0 Å². The lowest BCUT2D eigenvalue weighted by molar-refractivity contribution is 0.180. The van der Waals surface area contributed by atoms with Crippen LogP contribution in [0.2, 0.25) is 5.02 Å². The van der Waals surface area contributed by atoms with Gasteiger partial charge in [0, 0.05) is 9.50 Å². The molecule has 6 atom stereocenters. The Morgan fingerprint density at radius 2 is 0.950 bits per heavy atom. The summed E-state index contributed by atoms with van der Waals surface area (Å²) in [6.45, 7) is 8.77. The number of hydrogen-bond donors (Lipinski definition) is 6. The number of aryl methyl sites for hydroxylation is 1. The van der Waals surface area contributed by atoms with Gasteiger partial charge in [-0.2, -0.15) is 0 Å². The van der Waals surface area contributed by atoms with Gasteiger partial charge in [-0.25, -0.2) is 0 Å². The molecule has 0 saturated carbocycles. The second-order valence-corrected chi connectivity index (χ2v) is 15.6. The molecule has 0 aromatic heterocycles. The van der Waals surface area contributed by atoms with Crippen molar-refractivity contribution in [3.05, 3.63) is 206 Å². The molecule has 9 heteroatoms. The van der Waals surface area contributed by atoms with Gasteiger partial charge in [0.25, 0.3) is 0 Å². The van der Waals surface area contributed by atoms with Gasteiger partial charge in [0.1, 0.15) is 5.75 Å². The SMILES string of the molecule is CC(O)Cc1ccccc1.CC(O)c1ccc(Br)cc1.CC(O)c1ccc(Cl)cc1.CC(O)c1ccccc1.COc1ccc(C(C)O)cc1.OC1CCc2ccccc21. The number of fused-ring (bicyclic) bond motifs is 1. The van der Waals surface area contributed by atoms with Crippen LogP contribution in [0.15, 0.2) is 162 Å². The van der Waals surface area contributed by atoms with Gasteiger partial charge in [-0.3, -0.25) is 0 Å². The fraction of sp³-hybridized carbons (Fsp3) is 0.294. The molecule has 1 aliphatic carbocycles. The van der Waals surface area contributed by atoms with E-state index in [0.717, 1.165) is 57.3 Å². The van der Waals surface area contributed by atoms with Crippen LogP contribution in [0.25, 0.3) is 0 Å². The van der Waals surface area contributed by atoms with Crippen LogP contribution in [0.3, 0.4) is 0 Å². The Bertz CT molecular complexity index is 1920. The molecule has 1 aliphatic rings. The van der Waals surface area contributed by atoms with Crippen molar-refractivity contribution in [2.24, 2.45) is 0 Å². The van der Waals surface area contributed by atoms with E-state index in [1.165, 1.54) is 11.1 Å². The van der Waals surface area contributed by atoms with E-state index in [1.54, 1.807) is 53.9 Å². The van der Waals surface area contributed by atoms with Gasteiger partial charge < -0.3 is 35.4 Å². The van der Waals surface area contributed by atoms with E-state index in [-0.39, 0.29) is 24.4 Å². The molecule has 0 spiro atoms. The molecule has 0 bridgehead atoms. The molecule has 0 saturated heterocycles. The zero-order chi connectivity index (χ0) is 44.5. The molecule has 0 radical (unpaired) electrons. The lowest BCUT2D eigenvalue weighted by Gasteiger charge is -2.04. The zero-order valence-corrected chi connectivity index (χ0v) is 37.8. The lowest BCUT2D eigenvalue weighted by Crippen LogP contribution is -2.03. The van der Waals surface area contributed by atoms with Crippen molar-refractivity contribution in [2.75, 3.05) is 7.11 Å². The van der Waals surface area contributed by atoms with Crippen molar-refractivity contribution in [3.8, 4) is 5.75 Å². The Kier molecular flexibility index (Phi) is 25.0. The van der Waals surface area contributed by atoms with Crippen LogP contribution in [0, 0.1) is 0 Å². The molecule has 6 unspecified atom stereocenters. The minimum absolute atomic E-state index is 0.198. The number of benzene rings is 6. The maximum atomic E-state index is 9.38. The fourth-order valence-electron chi connectivity index (χ4n) is 5.59. The van der Waals surface area contributed by atoms with E-state index >= 15 is 0 Å². The van der Waals surface area contributed by atoms with Crippen LogP contribution in [0.4, 0.5) is 0 Å². The molecule has 7 rings (SSSR count). The molecule has 6 aromatic rings. The van der Waals surface area contributed by atoms with Crippen LogP contribution in [-0.2, 0) is 12.8 Å². The molecule has 0 heterocycles. The summed E-state index contributed by atoms with van der Waals surface area (Å²) in [6, 6.07) is 49.8. The Balaban J connectivity index is 0.000000248. The summed E-state index contributed by atoms with van der Waals surface area (Å²) >= 11 is 8.95. The van der Waals surface area contributed by atoms with Gasteiger partial charge in [0.2, 0.25) is 0 Å². The number of rotatable bonds is 7. The summed E-state index contributed by atoms with van der Waals surface area (Å²) in [7, 11) is 1.62. The van der Waals surface area contributed by atoms with Crippen molar-refractivity contribution >= 4 is 27.5 Å². The highest BCUT2D eigenvalue weighted by atomic mass is 79.9. The average Bonchev–Trinajstić information content (AvgIpc) is 3.63. The Labute approximate surface area is 370 Å². The second kappa shape index (κ2) is 29.0. The van der Waals surface area contributed by atoms with Gasteiger partial charge in [-0.05, 0) is 129 Å². The first-order valence-electron chi connectivity index (χ1n) is 20.0. The van der Waals surface area contributed by atoms with Gasteiger partial charge in [-0.1, -0.05) is 149 Å². The topological polar surface area (TPSA) is 131 Å². The number of aliphatic hydroxyl groups excluding tert-OH is 6. The number of halogens is 2. The molecule has 0 amide bonds. The highest BCUT2D eigenvalue weighted by Gasteiger charge is 2.18. The molecule has 7 nitrogen and oxygen atoms in total. The Morgan fingerprint density at radius 3 is 1.37 bits per heavy atom. The maximum Gasteiger partial charge on any atom is 0.118 e. The molecule has 0 aliphatic heterocycles. The van der Waals surface area contributed by atoms with E-state index in [9.17, 15) is 5.11 Å². The largest absolute Gasteiger partial charge is 0.497 e. The van der Waals surface area contributed by atoms with Crippen molar-refractivity contribution in [2.45, 2.75) is 90.5 Å². The van der Waals surface area contributed by atoms with Crippen LogP contribution in [-0.4, -0.2) is 43.9 Å². The minimum Gasteiger partial charge on any atom is -0.497 e. The average molecular weight is 902 g/mol. The first-order chi connectivity index (χ1) is 28.6. The normalized spacial score (nSPS) is 14.6. The zero-order valence-electron chi connectivity index (χ0n) is 35.4. The third-order valence-corrected chi connectivity index (χ3v) is 9.84. The van der Waals surface area contributed by atoms with E-state index in [1.807, 2.05) is 140 Å². The summed E-state index contributed by atoms with van der Waals surface area (Å²) in [4.78, 5) is 0. The van der Waals surface area contributed by atoms with Gasteiger partial charge in [0.15, 0.2) is 0 Å². The van der Waals surface area contributed by atoms with E-state index in [4.69, 9.17) is 41.9 Å². The number of methoxy groups -OCH3 is 1. The van der Waals surface area contributed by atoms with Gasteiger partial charge in [0.05, 0.1) is 43.7 Å². The first-order valence-corrected chi connectivity index (χ1v) is 21.2. The van der Waals surface area contributed by atoms with E-state index in [2.05, 4.69) is 22.0 Å². The van der Waals surface area contributed by atoms with Crippen molar-refractivity contribution < 1.29 is 35.4 Å². The predicted molar refractivity (Wildman–Crippen MR) is 249 cm³/mol. The molecular formula is C51H62BrClO7. The molecule has 60 heavy (non-hydrogen) atoms. The lowest BCUT2D eigenvalue weighted by atomic mass is 10.1. The quantitative estimate of drug-likeness (QED) is 0.0941. The summed E-state index contributed by atoms with van der Waals surface area (Å²) < 4.78 is 6.01. The second-order valence-electron chi connectivity index (χ2n) is 14.3. The van der Waals surface area contributed by atoms with Crippen LogP contribution < -0.4 is 4.74 Å². The third kappa shape index (κ3) is 21.3. The number of aliphatic hydroxyl groups is 6. The van der Waals surface area contributed by atoms with Crippen LogP contribution >= 0.6 is 27.5 Å². The first kappa shape index (κ1) is 51.8. The molecular weight excluding hydrogens is 840 g/mol. The highest BCUT2D eigenvalue weighted by Crippen LogP contribution is 2.30. The number of hydrogen-bond acceptors (Lipinski definition) is 7.